The van der Waals surface area contributed by atoms with Gasteiger partial charge in [0.05, 0.1) is 17.3 Å². The van der Waals surface area contributed by atoms with Crippen LogP contribution in [0.4, 0.5) is 17.6 Å². The minimum absolute atomic E-state index is 0.00932. The molecule has 2 aliphatic rings. The van der Waals surface area contributed by atoms with Crippen molar-refractivity contribution in [3.8, 4) is 11.3 Å². The summed E-state index contributed by atoms with van der Waals surface area (Å²) in [5.74, 6) is -1.07. The lowest BCUT2D eigenvalue weighted by molar-refractivity contribution is -0.137. The van der Waals surface area contributed by atoms with Crippen LogP contribution in [-0.2, 0) is 17.4 Å². The highest BCUT2D eigenvalue weighted by Crippen LogP contribution is 2.40. The minimum Gasteiger partial charge on any atom is -0.353 e. The van der Waals surface area contributed by atoms with Gasteiger partial charge in [-0.15, -0.1) is 0 Å². The van der Waals surface area contributed by atoms with Gasteiger partial charge < -0.3 is 10.6 Å². The maximum absolute atomic E-state index is 13.9. The van der Waals surface area contributed by atoms with Crippen molar-refractivity contribution in [2.45, 2.75) is 88.5 Å². The maximum Gasteiger partial charge on any atom is 0.417 e. The molecule has 1 unspecified atom stereocenters. The molecule has 1 aromatic heterocycles. The average molecular weight is 571 g/mol. The molecule has 2 amide bonds. The Morgan fingerprint density at radius 1 is 0.976 bits per heavy atom. The highest BCUT2D eigenvalue weighted by Gasteiger charge is 2.35. The van der Waals surface area contributed by atoms with E-state index in [9.17, 15) is 27.2 Å². The Bertz CT molecular complexity index is 1360. The van der Waals surface area contributed by atoms with Gasteiger partial charge in [0.15, 0.2) is 5.69 Å². The maximum atomic E-state index is 13.9. The van der Waals surface area contributed by atoms with E-state index in [1.807, 2.05) is 0 Å². The number of carbonyl (C=O) groups is 2. The number of nitrogens with one attached hydrogen (secondary N) is 2. The molecule has 1 atom stereocenters. The predicted octanol–water partition coefficient (Wildman–Crippen LogP) is 6.61. The van der Waals surface area contributed by atoms with E-state index < -0.39 is 23.7 Å². The van der Waals surface area contributed by atoms with Crippen molar-refractivity contribution in [1.29, 1.82) is 0 Å². The number of aryl methyl sites for hydroxylation is 1. The zero-order valence-corrected chi connectivity index (χ0v) is 22.7. The molecular weight excluding hydrogens is 536 g/mol. The second-order valence-electron chi connectivity index (χ2n) is 11.1. The lowest BCUT2D eigenvalue weighted by atomic mass is 9.93. The van der Waals surface area contributed by atoms with Gasteiger partial charge in [0.2, 0.25) is 5.91 Å². The third kappa shape index (κ3) is 7.15. The number of amides is 2. The first kappa shape index (κ1) is 28.8. The van der Waals surface area contributed by atoms with Gasteiger partial charge in [-0.25, -0.2) is 4.39 Å². The molecule has 0 saturated heterocycles. The van der Waals surface area contributed by atoms with Crippen LogP contribution in [-0.4, -0.2) is 33.7 Å². The molecule has 2 N–H and O–H groups in total. The number of halogens is 4. The fraction of sp³-hybridized carbons (Fsp3) is 0.452. The summed E-state index contributed by atoms with van der Waals surface area (Å²) in [7, 11) is 0. The lowest BCUT2D eigenvalue weighted by Crippen LogP contribution is -2.44. The first-order valence-corrected chi connectivity index (χ1v) is 14.3. The highest BCUT2D eigenvalue weighted by atomic mass is 19.4. The molecule has 10 heteroatoms. The Hall–Kier alpha value is -3.69. The number of aromatic nitrogens is 2. The van der Waals surface area contributed by atoms with Gasteiger partial charge in [-0.3, -0.25) is 14.3 Å². The Labute approximate surface area is 236 Å². The molecule has 2 aliphatic carbocycles. The molecule has 3 aromatic rings. The lowest BCUT2D eigenvalue weighted by Gasteiger charge is -2.27. The molecule has 218 valence electrons. The molecule has 5 rings (SSSR count). The average Bonchev–Trinajstić information content (AvgIpc) is 3.60. The zero-order chi connectivity index (χ0) is 29.0. The third-order valence-corrected chi connectivity index (χ3v) is 8.08. The van der Waals surface area contributed by atoms with Crippen LogP contribution >= 0.6 is 0 Å². The number of nitrogens with zero attached hydrogens (tertiary/aromatic N) is 2. The van der Waals surface area contributed by atoms with E-state index in [-0.39, 0.29) is 47.2 Å². The SMILES string of the molecule is O=C(CC(CCc1ccc(F)cc1)NC(=O)c1cc(-c2ccccc2C(F)(F)F)n(C2CCCC2)n1)NC1CCC1. The molecule has 0 bridgehead atoms. The van der Waals surface area contributed by atoms with Crippen LogP contribution in [0.15, 0.2) is 54.6 Å². The molecule has 0 spiro atoms. The van der Waals surface area contributed by atoms with Crippen molar-refractivity contribution in [2.75, 3.05) is 0 Å². The van der Waals surface area contributed by atoms with E-state index >= 15 is 0 Å². The normalized spacial score (nSPS) is 16.8. The van der Waals surface area contributed by atoms with E-state index in [1.165, 1.54) is 30.3 Å². The van der Waals surface area contributed by atoms with Crippen molar-refractivity contribution in [3.63, 3.8) is 0 Å². The van der Waals surface area contributed by atoms with Gasteiger partial charge in [-0.2, -0.15) is 18.3 Å². The van der Waals surface area contributed by atoms with Gasteiger partial charge >= 0.3 is 6.18 Å². The molecule has 0 radical (unpaired) electrons. The fourth-order valence-corrected chi connectivity index (χ4v) is 5.63. The number of benzene rings is 2. The smallest absolute Gasteiger partial charge is 0.353 e. The van der Waals surface area contributed by atoms with E-state index in [4.69, 9.17) is 0 Å². The van der Waals surface area contributed by atoms with Crippen LogP contribution in [0.3, 0.4) is 0 Å². The summed E-state index contributed by atoms with van der Waals surface area (Å²) in [5, 5.41) is 10.4. The summed E-state index contributed by atoms with van der Waals surface area (Å²) in [5.41, 5.74) is 0.319. The summed E-state index contributed by atoms with van der Waals surface area (Å²) in [6, 6.07) is 12.3. The molecule has 2 fully saturated rings. The third-order valence-electron chi connectivity index (χ3n) is 8.08. The first-order valence-electron chi connectivity index (χ1n) is 14.3. The topological polar surface area (TPSA) is 76.0 Å². The Balaban J connectivity index is 1.39. The van der Waals surface area contributed by atoms with E-state index in [0.717, 1.165) is 56.6 Å². The summed E-state index contributed by atoms with van der Waals surface area (Å²) in [6.45, 7) is 0. The predicted molar refractivity (Wildman–Crippen MR) is 147 cm³/mol. The van der Waals surface area contributed by atoms with E-state index in [0.29, 0.717) is 12.8 Å². The Morgan fingerprint density at radius 3 is 2.34 bits per heavy atom. The van der Waals surface area contributed by atoms with Crippen molar-refractivity contribution < 1.29 is 27.2 Å². The molecule has 2 aromatic carbocycles. The molecule has 41 heavy (non-hydrogen) atoms. The van der Waals surface area contributed by atoms with Crippen LogP contribution in [0.5, 0.6) is 0 Å². The fourth-order valence-electron chi connectivity index (χ4n) is 5.63. The quantitative estimate of drug-likeness (QED) is 0.269. The first-order chi connectivity index (χ1) is 19.7. The van der Waals surface area contributed by atoms with Crippen LogP contribution in [0.25, 0.3) is 11.3 Å². The van der Waals surface area contributed by atoms with Crippen LogP contribution in [0.1, 0.15) is 85.4 Å². The van der Waals surface area contributed by atoms with Crippen molar-refractivity contribution in [2.24, 2.45) is 0 Å². The monoisotopic (exact) mass is 570 g/mol. The van der Waals surface area contributed by atoms with Crippen LogP contribution < -0.4 is 10.6 Å². The van der Waals surface area contributed by atoms with Gasteiger partial charge in [0, 0.05) is 24.1 Å². The van der Waals surface area contributed by atoms with Crippen molar-refractivity contribution in [1.82, 2.24) is 20.4 Å². The number of carbonyl (C=O) groups excluding carboxylic acids is 2. The number of hydrogen-bond acceptors (Lipinski definition) is 3. The van der Waals surface area contributed by atoms with Crippen molar-refractivity contribution in [3.05, 3.63) is 77.2 Å². The van der Waals surface area contributed by atoms with Crippen molar-refractivity contribution >= 4 is 11.8 Å². The highest BCUT2D eigenvalue weighted by molar-refractivity contribution is 5.94. The van der Waals surface area contributed by atoms with Gasteiger partial charge in [0.25, 0.3) is 5.91 Å². The summed E-state index contributed by atoms with van der Waals surface area (Å²) in [4.78, 5) is 26.2. The number of rotatable bonds is 10. The van der Waals surface area contributed by atoms with Crippen LogP contribution in [0.2, 0.25) is 0 Å². The summed E-state index contributed by atoms with van der Waals surface area (Å²) >= 11 is 0. The second-order valence-corrected chi connectivity index (χ2v) is 11.1. The van der Waals surface area contributed by atoms with Gasteiger partial charge in [-0.05, 0) is 74.8 Å². The number of alkyl halides is 3. The summed E-state index contributed by atoms with van der Waals surface area (Å²) < 4.78 is 56.6. The molecular formula is C31H34F4N4O2. The van der Waals surface area contributed by atoms with Gasteiger partial charge in [-0.1, -0.05) is 43.2 Å². The summed E-state index contributed by atoms with van der Waals surface area (Å²) in [6.07, 6.45) is 2.75. The minimum atomic E-state index is -4.57. The second kappa shape index (κ2) is 12.4. The molecule has 1 heterocycles. The largest absolute Gasteiger partial charge is 0.417 e. The number of hydrogen-bond donors (Lipinski definition) is 2. The molecule has 6 nitrogen and oxygen atoms in total. The van der Waals surface area contributed by atoms with Gasteiger partial charge in [0.1, 0.15) is 5.82 Å². The van der Waals surface area contributed by atoms with E-state index in [2.05, 4.69) is 15.7 Å². The standard InChI is InChI=1S/C31H34F4N4O2/c32-21-15-12-20(13-16-21)14-17-23(18-29(40)36-22-6-5-7-22)37-30(41)27-19-28(39(38-27)24-8-1-2-9-24)25-10-3-4-11-26(25)31(33,34)35/h3-4,10-13,15-16,19,22-24H,1-2,5-9,14,17-18H2,(H,36,40)(H,37,41). The van der Waals surface area contributed by atoms with E-state index in [1.54, 1.807) is 22.9 Å². The zero-order valence-electron chi connectivity index (χ0n) is 22.7. The molecule has 0 aliphatic heterocycles. The van der Waals surface area contributed by atoms with Crippen LogP contribution in [0, 0.1) is 5.82 Å². The molecule has 2 saturated carbocycles. The Morgan fingerprint density at radius 2 is 1.68 bits per heavy atom. The Kier molecular flexibility index (Phi) is 8.75.